The fourth-order valence-electron chi connectivity index (χ4n) is 2.00. The van der Waals surface area contributed by atoms with Gasteiger partial charge in [0.05, 0.1) is 0 Å². The number of nitrogens with two attached hydrogens (primary N) is 1. The number of fused-ring (bicyclic) bond motifs is 1. The SMILES string of the molecule is CC(C)(C)C(N)CCc1ccc2c(c1)OCCO2. The van der Waals surface area contributed by atoms with Crippen molar-refractivity contribution in [1.82, 2.24) is 0 Å². The first-order chi connectivity index (χ1) is 8.47. The fourth-order valence-corrected chi connectivity index (χ4v) is 2.00. The molecule has 1 aromatic carbocycles. The Bertz CT molecular complexity index is 409. The van der Waals surface area contributed by atoms with Crippen LogP contribution in [-0.2, 0) is 6.42 Å². The molecule has 3 heteroatoms. The number of hydrogen-bond donors (Lipinski definition) is 1. The zero-order valence-electron chi connectivity index (χ0n) is 11.5. The average Bonchev–Trinajstić information content (AvgIpc) is 2.34. The van der Waals surface area contributed by atoms with Gasteiger partial charge in [0.25, 0.3) is 0 Å². The molecule has 0 saturated carbocycles. The molecule has 0 saturated heterocycles. The Morgan fingerprint density at radius 2 is 1.83 bits per heavy atom. The number of benzene rings is 1. The molecule has 18 heavy (non-hydrogen) atoms. The van der Waals surface area contributed by atoms with E-state index in [0.717, 1.165) is 24.3 Å². The topological polar surface area (TPSA) is 44.5 Å². The summed E-state index contributed by atoms with van der Waals surface area (Å²) in [4.78, 5) is 0. The second kappa shape index (κ2) is 5.19. The molecule has 1 aromatic rings. The normalized spacial score (nSPS) is 16.4. The lowest BCUT2D eigenvalue weighted by atomic mass is 9.84. The van der Waals surface area contributed by atoms with E-state index < -0.39 is 0 Å². The lowest BCUT2D eigenvalue weighted by Crippen LogP contribution is -2.35. The van der Waals surface area contributed by atoms with Gasteiger partial charge in [-0.25, -0.2) is 0 Å². The van der Waals surface area contributed by atoms with Crippen LogP contribution in [-0.4, -0.2) is 19.3 Å². The van der Waals surface area contributed by atoms with E-state index >= 15 is 0 Å². The van der Waals surface area contributed by atoms with Crippen LogP contribution >= 0.6 is 0 Å². The predicted octanol–water partition coefficient (Wildman–Crippen LogP) is 2.76. The predicted molar refractivity (Wildman–Crippen MR) is 73.2 cm³/mol. The van der Waals surface area contributed by atoms with Crippen LogP contribution in [0.2, 0.25) is 0 Å². The van der Waals surface area contributed by atoms with Gasteiger partial charge >= 0.3 is 0 Å². The number of rotatable bonds is 3. The largest absolute Gasteiger partial charge is 0.486 e. The van der Waals surface area contributed by atoms with Crippen molar-refractivity contribution in [2.75, 3.05) is 13.2 Å². The van der Waals surface area contributed by atoms with E-state index in [2.05, 4.69) is 32.9 Å². The Kier molecular flexibility index (Phi) is 3.81. The molecule has 0 spiro atoms. The van der Waals surface area contributed by atoms with Crippen LogP contribution in [0.15, 0.2) is 18.2 Å². The third kappa shape index (κ3) is 3.16. The van der Waals surface area contributed by atoms with E-state index in [9.17, 15) is 0 Å². The monoisotopic (exact) mass is 249 g/mol. The molecule has 1 unspecified atom stereocenters. The molecular weight excluding hydrogens is 226 g/mol. The first-order valence-corrected chi connectivity index (χ1v) is 6.61. The van der Waals surface area contributed by atoms with E-state index in [4.69, 9.17) is 15.2 Å². The molecule has 0 bridgehead atoms. The lowest BCUT2D eigenvalue weighted by molar-refractivity contribution is 0.171. The van der Waals surface area contributed by atoms with Gasteiger partial charge in [0.15, 0.2) is 11.5 Å². The van der Waals surface area contributed by atoms with Crippen molar-refractivity contribution in [2.24, 2.45) is 11.1 Å². The van der Waals surface area contributed by atoms with Gasteiger partial charge < -0.3 is 15.2 Å². The van der Waals surface area contributed by atoms with Crippen LogP contribution in [0.25, 0.3) is 0 Å². The van der Waals surface area contributed by atoms with Crippen LogP contribution in [0.3, 0.4) is 0 Å². The maximum Gasteiger partial charge on any atom is 0.161 e. The smallest absolute Gasteiger partial charge is 0.161 e. The summed E-state index contributed by atoms with van der Waals surface area (Å²) < 4.78 is 11.1. The van der Waals surface area contributed by atoms with E-state index in [-0.39, 0.29) is 11.5 Å². The number of aryl methyl sites for hydroxylation is 1. The molecule has 3 nitrogen and oxygen atoms in total. The zero-order chi connectivity index (χ0) is 13.2. The van der Waals surface area contributed by atoms with Gasteiger partial charge in [-0.1, -0.05) is 26.8 Å². The van der Waals surface area contributed by atoms with Crippen LogP contribution in [0.1, 0.15) is 32.8 Å². The summed E-state index contributed by atoms with van der Waals surface area (Å²) in [6.45, 7) is 7.82. The Balaban J connectivity index is 1.98. The van der Waals surface area contributed by atoms with Crippen molar-refractivity contribution in [3.05, 3.63) is 23.8 Å². The van der Waals surface area contributed by atoms with E-state index in [1.807, 2.05) is 6.07 Å². The Hall–Kier alpha value is -1.22. The highest BCUT2D eigenvalue weighted by molar-refractivity contribution is 5.43. The van der Waals surface area contributed by atoms with Crippen LogP contribution in [0.5, 0.6) is 11.5 Å². The molecule has 2 rings (SSSR count). The minimum absolute atomic E-state index is 0.161. The fraction of sp³-hybridized carbons (Fsp3) is 0.600. The molecule has 1 atom stereocenters. The van der Waals surface area contributed by atoms with Crippen LogP contribution in [0.4, 0.5) is 0 Å². The summed E-state index contributed by atoms with van der Waals surface area (Å²) in [7, 11) is 0. The van der Waals surface area contributed by atoms with Gasteiger partial charge in [0.1, 0.15) is 13.2 Å². The molecule has 0 aliphatic carbocycles. The maximum absolute atomic E-state index is 6.18. The van der Waals surface area contributed by atoms with E-state index in [1.165, 1.54) is 5.56 Å². The van der Waals surface area contributed by atoms with Gasteiger partial charge in [-0.15, -0.1) is 0 Å². The molecule has 2 N–H and O–H groups in total. The van der Waals surface area contributed by atoms with Crippen LogP contribution in [0, 0.1) is 5.41 Å². The molecule has 1 aliphatic heterocycles. The highest BCUT2D eigenvalue weighted by Gasteiger charge is 2.20. The number of hydrogen-bond acceptors (Lipinski definition) is 3. The van der Waals surface area contributed by atoms with Crippen molar-refractivity contribution in [2.45, 2.75) is 39.7 Å². The first-order valence-electron chi connectivity index (χ1n) is 6.61. The Morgan fingerprint density at radius 3 is 2.50 bits per heavy atom. The van der Waals surface area contributed by atoms with Gasteiger partial charge in [-0.05, 0) is 36.0 Å². The third-order valence-corrected chi connectivity index (χ3v) is 3.46. The third-order valence-electron chi connectivity index (χ3n) is 3.46. The molecular formula is C15H23NO2. The van der Waals surface area contributed by atoms with E-state index in [0.29, 0.717) is 13.2 Å². The summed E-state index contributed by atoms with van der Waals surface area (Å²) in [5, 5.41) is 0. The second-order valence-electron chi connectivity index (χ2n) is 5.99. The minimum Gasteiger partial charge on any atom is -0.486 e. The Morgan fingerprint density at radius 1 is 1.17 bits per heavy atom. The molecule has 0 fully saturated rings. The summed E-state index contributed by atoms with van der Waals surface area (Å²) in [5.74, 6) is 1.72. The average molecular weight is 249 g/mol. The van der Waals surface area contributed by atoms with Crippen LogP contribution < -0.4 is 15.2 Å². The standard InChI is InChI=1S/C15H23NO2/c1-15(2,3)14(16)7-5-11-4-6-12-13(10-11)18-9-8-17-12/h4,6,10,14H,5,7-9,16H2,1-3H3. The highest BCUT2D eigenvalue weighted by atomic mass is 16.6. The van der Waals surface area contributed by atoms with Crippen molar-refractivity contribution < 1.29 is 9.47 Å². The highest BCUT2D eigenvalue weighted by Crippen LogP contribution is 2.31. The summed E-state index contributed by atoms with van der Waals surface area (Å²) in [5.41, 5.74) is 7.60. The lowest BCUT2D eigenvalue weighted by Gasteiger charge is -2.27. The van der Waals surface area contributed by atoms with E-state index in [1.54, 1.807) is 0 Å². The van der Waals surface area contributed by atoms with Gasteiger partial charge in [0, 0.05) is 6.04 Å². The summed E-state index contributed by atoms with van der Waals surface area (Å²) in [6.07, 6.45) is 1.97. The van der Waals surface area contributed by atoms with Crippen molar-refractivity contribution in [3.63, 3.8) is 0 Å². The zero-order valence-corrected chi connectivity index (χ0v) is 11.5. The van der Waals surface area contributed by atoms with Gasteiger partial charge in [-0.2, -0.15) is 0 Å². The van der Waals surface area contributed by atoms with Gasteiger partial charge in [0.2, 0.25) is 0 Å². The molecule has 1 aliphatic rings. The van der Waals surface area contributed by atoms with Crippen molar-refractivity contribution in [1.29, 1.82) is 0 Å². The minimum atomic E-state index is 0.161. The first kappa shape index (κ1) is 13.2. The van der Waals surface area contributed by atoms with Gasteiger partial charge in [-0.3, -0.25) is 0 Å². The summed E-state index contributed by atoms with van der Waals surface area (Å²) in [6, 6.07) is 6.38. The molecule has 0 aromatic heterocycles. The molecule has 1 heterocycles. The molecule has 0 amide bonds. The maximum atomic E-state index is 6.18. The second-order valence-corrected chi connectivity index (χ2v) is 5.99. The number of ether oxygens (including phenoxy) is 2. The molecule has 100 valence electrons. The molecule has 0 radical (unpaired) electrons. The Labute approximate surface area is 109 Å². The summed E-state index contributed by atoms with van der Waals surface area (Å²) >= 11 is 0. The quantitative estimate of drug-likeness (QED) is 0.896. The van der Waals surface area contributed by atoms with Crippen molar-refractivity contribution in [3.8, 4) is 11.5 Å². The van der Waals surface area contributed by atoms with Crippen molar-refractivity contribution >= 4 is 0 Å².